The van der Waals surface area contributed by atoms with E-state index in [0.29, 0.717) is 30.2 Å². The van der Waals surface area contributed by atoms with Crippen LogP contribution in [0.2, 0.25) is 0 Å². The number of hydrogen-bond donors (Lipinski definition) is 2. The molecule has 116 valence electrons. The molecule has 0 spiro atoms. The highest BCUT2D eigenvalue weighted by molar-refractivity contribution is 5.97. The highest BCUT2D eigenvalue weighted by atomic mass is 16.5. The summed E-state index contributed by atoms with van der Waals surface area (Å²) in [6.07, 6.45) is 5.03. The molecule has 0 saturated heterocycles. The second-order valence-corrected chi connectivity index (χ2v) is 5.14. The number of carbonyl (C=O) groups is 1. The van der Waals surface area contributed by atoms with Gasteiger partial charge in [-0.1, -0.05) is 0 Å². The zero-order chi connectivity index (χ0) is 15.1. The molecule has 0 radical (unpaired) electrons. The van der Waals surface area contributed by atoms with Crippen molar-refractivity contribution in [3.63, 3.8) is 0 Å². The summed E-state index contributed by atoms with van der Waals surface area (Å²) in [7, 11) is 0. The topological polar surface area (TPSA) is 86.5 Å². The average Bonchev–Trinajstić information content (AvgIpc) is 3.28. The second kappa shape index (κ2) is 7.83. The Hall–Kier alpha value is -1.82. The first kappa shape index (κ1) is 15.6. The third-order valence-electron chi connectivity index (χ3n) is 3.29. The van der Waals surface area contributed by atoms with Gasteiger partial charge >= 0.3 is 5.97 Å². The fraction of sp³-hybridized carbons (Fsp3) is 0.600. The third kappa shape index (κ3) is 4.90. The maximum Gasteiger partial charge on any atom is 0.340 e. The van der Waals surface area contributed by atoms with E-state index in [1.165, 1.54) is 12.8 Å². The number of esters is 1. The Bertz CT molecular complexity index is 475. The number of hydrogen-bond acceptors (Lipinski definition) is 6. The lowest BCUT2D eigenvalue weighted by atomic mass is 10.2. The smallest absolute Gasteiger partial charge is 0.340 e. The van der Waals surface area contributed by atoms with Crippen molar-refractivity contribution in [2.24, 2.45) is 5.92 Å². The van der Waals surface area contributed by atoms with Crippen LogP contribution in [0, 0.1) is 5.92 Å². The van der Waals surface area contributed by atoms with E-state index in [0.717, 1.165) is 25.6 Å². The first-order valence-electron chi connectivity index (χ1n) is 7.45. The van der Waals surface area contributed by atoms with Gasteiger partial charge in [0.1, 0.15) is 5.82 Å². The van der Waals surface area contributed by atoms with Crippen molar-refractivity contribution in [1.82, 2.24) is 4.98 Å². The second-order valence-electron chi connectivity index (χ2n) is 5.14. The fourth-order valence-corrected chi connectivity index (χ4v) is 1.92. The summed E-state index contributed by atoms with van der Waals surface area (Å²) in [6.45, 7) is 4.38. The zero-order valence-electron chi connectivity index (χ0n) is 12.4. The minimum atomic E-state index is -0.423. The number of carbonyl (C=O) groups excluding carboxylic acids is 1. The van der Waals surface area contributed by atoms with E-state index in [1.54, 1.807) is 19.2 Å². The highest BCUT2D eigenvalue weighted by Crippen LogP contribution is 2.28. The number of nitrogens with zero attached hydrogens (tertiary/aromatic N) is 1. The maximum atomic E-state index is 11.7. The predicted octanol–water partition coefficient (Wildman–Crippen LogP) is 2.07. The van der Waals surface area contributed by atoms with E-state index in [4.69, 9.17) is 15.2 Å². The molecule has 21 heavy (non-hydrogen) atoms. The lowest BCUT2D eigenvalue weighted by molar-refractivity contribution is 0.0527. The Morgan fingerprint density at radius 2 is 2.33 bits per heavy atom. The van der Waals surface area contributed by atoms with E-state index in [2.05, 4.69) is 10.3 Å². The van der Waals surface area contributed by atoms with Crippen LogP contribution >= 0.6 is 0 Å². The Morgan fingerprint density at radius 3 is 3.05 bits per heavy atom. The van der Waals surface area contributed by atoms with E-state index in [1.807, 2.05) is 0 Å². The van der Waals surface area contributed by atoms with E-state index in [9.17, 15) is 4.79 Å². The molecule has 1 aromatic rings. The molecule has 3 N–H and O–H groups in total. The van der Waals surface area contributed by atoms with Gasteiger partial charge in [0.05, 0.1) is 17.9 Å². The Labute approximate surface area is 125 Å². The van der Waals surface area contributed by atoms with Crippen LogP contribution in [0.4, 0.5) is 11.5 Å². The first-order valence-corrected chi connectivity index (χ1v) is 7.45. The largest absolute Gasteiger partial charge is 0.462 e. The standard InChI is InChI=1S/C15H23N3O3/c1-2-21-15(19)12-6-8-18-14(13(12)16)17-7-3-9-20-10-11-4-5-11/h6,8,11H,2-5,7,9-10,16H2,1H3,(H,17,18). The van der Waals surface area contributed by atoms with Crippen LogP contribution < -0.4 is 11.1 Å². The molecule has 2 rings (SSSR count). The van der Waals surface area contributed by atoms with Gasteiger partial charge in [-0.05, 0) is 38.2 Å². The van der Waals surface area contributed by atoms with Crippen LogP contribution in [0.15, 0.2) is 12.3 Å². The molecule has 1 fully saturated rings. The van der Waals surface area contributed by atoms with Gasteiger partial charge in [-0.15, -0.1) is 0 Å². The Morgan fingerprint density at radius 1 is 1.52 bits per heavy atom. The lowest BCUT2D eigenvalue weighted by Crippen LogP contribution is -2.13. The maximum absolute atomic E-state index is 11.7. The van der Waals surface area contributed by atoms with Crippen molar-refractivity contribution in [2.45, 2.75) is 26.2 Å². The summed E-state index contributed by atoms with van der Waals surface area (Å²) in [5.74, 6) is 0.882. The predicted molar refractivity (Wildman–Crippen MR) is 81.3 cm³/mol. The van der Waals surface area contributed by atoms with Crippen molar-refractivity contribution in [2.75, 3.05) is 37.4 Å². The summed E-state index contributed by atoms with van der Waals surface area (Å²) in [6, 6.07) is 1.57. The van der Waals surface area contributed by atoms with Gasteiger partial charge in [0, 0.05) is 26.0 Å². The average molecular weight is 293 g/mol. The van der Waals surface area contributed by atoms with E-state index >= 15 is 0 Å². The molecule has 1 saturated carbocycles. The number of nitrogen functional groups attached to an aromatic ring is 1. The summed E-state index contributed by atoms with van der Waals surface area (Å²) in [5.41, 5.74) is 6.62. The summed E-state index contributed by atoms with van der Waals surface area (Å²) in [5, 5.41) is 3.13. The van der Waals surface area contributed by atoms with Crippen molar-refractivity contribution < 1.29 is 14.3 Å². The van der Waals surface area contributed by atoms with Crippen LogP contribution in [0.1, 0.15) is 36.5 Å². The van der Waals surface area contributed by atoms with Crippen LogP contribution in [0.3, 0.4) is 0 Å². The summed E-state index contributed by atoms with van der Waals surface area (Å²) < 4.78 is 10.5. The molecule has 1 aromatic heterocycles. The number of ether oxygens (including phenoxy) is 2. The Balaban J connectivity index is 1.76. The molecule has 1 aliphatic carbocycles. The highest BCUT2D eigenvalue weighted by Gasteiger charge is 2.20. The fourth-order valence-electron chi connectivity index (χ4n) is 1.92. The van der Waals surface area contributed by atoms with Crippen LogP contribution in [0.5, 0.6) is 0 Å². The molecular formula is C15H23N3O3. The SMILES string of the molecule is CCOC(=O)c1ccnc(NCCCOCC2CC2)c1N. The minimum Gasteiger partial charge on any atom is -0.462 e. The van der Waals surface area contributed by atoms with E-state index in [-0.39, 0.29) is 0 Å². The number of pyridine rings is 1. The van der Waals surface area contributed by atoms with Gasteiger partial charge in [-0.2, -0.15) is 0 Å². The minimum absolute atomic E-state index is 0.321. The van der Waals surface area contributed by atoms with Crippen LogP contribution in [-0.4, -0.2) is 37.3 Å². The molecule has 0 atom stereocenters. The monoisotopic (exact) mass is 293 g/mol. The molecule has 0 amide bonds. The molecule has 1 heterocycles. The van der Waals surface area contributed by atoms with Crippen LogP contribution in [-0.2, 0) is 9.47 Å². The number of rotatable bonds is 9. The zero-order valence-corrected chi connectivity index (χ0v) is 12.4. The molecular weight excluding hydrogens is 270 g/mol. The van der Waals surface area contributed by atoms with Gasteiger partial charge in [0.2, 0.25) is 0 Å². The lowest BCUT2D eigenvalue weighted by Gasteiger charge is -2.11. The van der Waals surface area contributed by atoms with E-state index < -0.39 is 5.97 Å². The van der Waals surface area contributed by atoms with Gasteiger partial charge in [0.15, 0.2) is 0 Å². The van der Waals surface area contributed by atoms with Gasteiger partial charge in [-0.25, -0.2) is 9.78 Å². The van der Waals surface area contributed by atoms with Crippen molar-refractivity contribution in [1.29, 1.82) is 0 Å². The molecule has 0 bridgehead atoms. The molecule has 6 nitrogen and oxygen atoms in total. The number of nitrogens with two attached hydrogens (primary N) is 1. The normalized spacial score (nSPS) is 14.0. The van der Waals surface area contributed by atoms with Crippen molar-refractivity contribution >= 4 is 17.5 Å². The quantitative estimate of drug-likeness (QED) is 0.535. The van der Waals surface area contributed by atoms with Gasteiger partial charge in [0.25, 0.3) is 0 Å². The summed E-state index contributed by atoms with van der Waals surface area (Å²) >= 11 is 0. The van der Waals surface area contributed by atoms with Crippen molar-refractivity contribution in [3.05, 3.63) is 17.8 Å². The molecule has 0 aliphatic heterocycles. The van der Waals surface area contributed by atoms with Gasteiger partial charge < -0.3 is 20.5 Å². The number of nitrogens with one attached hydrogen (secondary N) is 1. The summed E-state index contributed by atoms with van der Waals surface area (Å²) in [4.78, 5) is 15.9. The number of anilines is 2. The third-order valence-corrected chi connectivity index (χ3v) is 3.29. The molecule has 0 unspecified atom stereocenters. The van der Waals surface area contributed by atoms with Crippen LogP contribution in [0.25, 0.3) is 0 Å². The molecule has 0 aromatic carbocycles. The number of aromatic nitrogens is 1. The van der Waals surface area contributed by atoms with Crippen molar-refractivity contribution in [3.8, 4) is 0 Å². The molecule has 6 heteroatoms. The first-order chi connectivity index (χ1) is 10.2. The molecule has 1 aliphatic rings. The Kier molecular flexibility index (Phi) is 5.80. The van der Waals surface area contributed by atoms with Gasteiger partial charge in [-0.3, -0.25) is 0 Å².